The molecule has 2 aromatic heterocycles. The van der Waals surface area contributed by atoms with Crippen LogP contribution in [0.2, 0.25) is 0 Å². The Kier molecular flexibility index (Phi) is 7.07. The Morgan fingerprint density at radius 2 is 1.76 bits per heavy atom. The Hall–Kier alpha value is -4.34. The summed E-state index contributed by atoms with van der Waals surface area (Å²) in [4.78, 5) is 23.9. The fourth-order valence-electron chi connectivity index (χ4n) is 3.11. The van der Waals surface area contributed by atoms with Gasteiger partial charge in [-0.2, -0.15) is 0 Å². The van der Waals surface area contributed by atoms with Crippen molar-refractivity contribution in [2.75, 3.05) is 13.7 Å². The van der Waals surface area contributed by atoms with Gasteiger partial charge in [-0.3, -0.25) is 4.79 Å². The van der Waals surface area contributed by atoms with Crippen LogP contribution in [0.3, 0.4) is 0 Å². The summed E-state index contributed by atoms with van der Waals surface area (Å²) < 4.78 is 31.4. The summed E-state index contributed by atoms with van der Waals surface area (Å²) in [7, 11) is 1.48. The number of hydrogen-bond acceptors (Lipinski definition) is 10. The number of aryl methyl sites for hydroxylation is 1. The molecule has 0 N–H and O–H groups in total. The molecule has 0 bridgehead atoms. The number of aromatic nitrogens is 2. The number of carbonyl (C=O) groups excluding carboxylic acids is 2. The maximum absolute atomic E-state index is 12.2. The minimum Gasteiger partial charge on any atom is -0.487 e. The molecule has 0 radical (unpaired) electrons. The van der Waals surface area contributed by atoms with Crippen molar-refractivity contribution in [2.45, 2.75) is 26.4 Å². The molecule has 0 unspecified atom stereocenters. The summed E-state index contributed by atoms with van der Waals surface area (Å²) in [6.45, 7) is 2.23. The molecule has 0 saturated carbocycles. The lowest BCUT2D eigenvalue weighted by molar-refractivity contribution is -0.134. The molecule has 0 aliphatic rings. The molecule has 0 spiro atoms. The Labute approximate surface area is 194 Å². The Morgan fingerprint density at radius 1 is 0.971 bits per heavy atom. The molecule has 0 aliphatic carbocycles. The molecule has 0 saturated heterocycles. The largest absolute Gasteiger partial charge is 0.487 e. The fraction of sp³-hybridized carbons (Fsp3) is 0.250. The number of carbonyl (C=O) groups is 2. The van der Waals surface area contributed by atoms with Crippen LogP contribution >= 0.6 is 0 Å². The number of nitrogens with zero attached hydrogens (tertiary/aromatic N) is 2. The molecular weight excluding hydrogens is 444 g/mol. The topological polar surface area (TPSA) is 123 Å². The number of methoxy groups -OCH3 is 1. The van der Waals surface area contributed by atoms with Crippen molar-refractivity contribution < 1.29 is 37.6 Å². The van der Waals surface area contributed by atoms with Crippen molar-refractivity contribution in [3.8, 4) is 17.4 Å². The van der Waals surface area contributed by atoms with E-state index in [1.165, 1.54) is 7.11 Å². The van der Waals surface area contributed by atoms with Crippen LogP contribution in [0.5, 0.6) is 17.4 Å². The predicted octanol–water partition coefficient (Wildman–Crippen LogP) is 4.12. The predicted molar refractivity (Wildman–Crippen MR) is 118 cm³/mol. The molecule has 0 atom stereocenters. The lowest BCUT2D eigenvalue weighted by atomic mass is 10.2. The third-order valence-electron chi connectivity index (χ3n) is 4.81. The van der Waals surface area contributed by atoms with E-state index in [0.29, 0.717) is 53.0 Å². The van der Waals surface area contributed by atoms with Gasteiger partial charge in [-0.05, 0) is 48.5 Å². The van der Waals surface area contributed by atoms with Crippen LogP contribution in [0.1, 0.15) is 35.2 Å². The van der Waals surface area contributed by atoms with Crippen LogP contribution in [0.15, 0.2) is 57.6 Å². The van der Waals surface area contributed by atoms with Gasteiger partial charge in [0.15, 0.2) is 5.58 Å². The summed E-state index contributed by atoms with van der Waals surface area (Å²) in [5.41, 5.74) is 1.49. The molecule has 176 valence electrons. The van der Waals surface area contributed by atoms with Crippen molar-refractivity contribution in [1.82, 2.24) is 10.3 Å². The minimum absolute atomic E-state index is 0.112. The van der Waals surface area contributed by atoms with Gasteiger partial charge in [0, 0.05) is 23.9 Å². The van der Waals surface area contributed by atoms with Gasteiger partial charge < -0.3 is 28.0 Å². The zero-order chi connectivity index (χ0) is 23.9. The summed E-state index contributed by atoms with van der Waals surface area (Å²) in [6, 6.07) is 13.2. The van der Waals surface area contributed by atoms with E-state index >= 15 is 0 Å². The number of rotatable bonds is 10. The first-order valence-electron chi connectivity index (χ1n) is 10.5. The molecule has 2 aromatic carbocycles. The standard InChI is InChI=1S/C24H22N2O8/c1-3-30-24(28)15-4-6-16(7-5-15)31-14-20-19-10-8-17(12-21(19)34-25-20)32-23(27)11-9-18-13-22(29-2)26-33-18/h4-8,10,12-13H,3,9,11,14H2,1-2H3. The van der Waals surface area contributed by atoms with E-state index in [1.54, 1.807) is 55.5 Å². The second kappa shape index (κ2) is 10.5. The van der Waals surface area contributed by atoms with Crippen LogP contribution < -0.4 is 14.2 Å². The molecule has 0 amide bonds. The average molecular weight is 466 g/mol. The third-order valence-corrected chi connectivity index (χ3v) is 4.81. The number of ether oxygens (including phenoxy) is 4. The molecular formula is C24H22N2O8. The Bertz CT molecular complexity index is 1280. The van der Waals surface area contributed by atoms with E-state index in [1.807, 2.05) is 0 Å². The number of fused-ring (bicyclic) bond motifs is 1. The number of hydrogen-bond donors (Lipinski definition) is 0. The zero-order valence-corrected chi connectivity index (χ0v) is 18.6. The van der Waals surface area contributed by atoms with Crippen LogP contribution in [-0.2, 0) is 22.6 Å². The van der Waals surface area contributed by atoms with Gasteiger partial charge in [0.25, 0.3) is 5.88 Å². The fourth-order valence-corrected chi connectivity index (χ4v) is 3.11. The summed E-state index contributed by atoms with van der Waals surface area (Å²) in [6.07, 6.45) is 0.447. The van der Waals surface area contributed by atoms with Crippen molar-refractivity contribution in [3.63, 3.8) is 0 Å². The first-order valence-corrected chi connectivity index (χ1v) is 10.5. The molecule has 4 rings (SSSR count). The lowest BCUT2D eigenvalue weighted by Crippen LogP contribution is -2.08. The smallest absolute Gasteiger partial charge is 0.338 e. The van der Waals surface area contributed by atoms with Gasteiger partial charge in [-0.1, -0.05) is 5.16 Å². The highest BCUT2D eigenvalue weighted by atomic mass is 16.5. The van der Waals surface area contributed by atoms with Crippen LogP contribution in [0.25, 0.3) is 11.0 Å². The third kappa shape index (κ3) is 5.52. The quantitative estimate of drug-likeness (QED) is 0.249. The highest BCUT2D eigenvalue weighted by Crippen LogP contribution is 2.25. The second-order valence-electron chi connectivity index (χ2n) is 7.13. The highest BCUT2D eigenvalue weighted by molar-refractivity contribution is 5.89. The summed E-state index contributed by atoms with van der Waals surface area (Å²) in [5, 5.41) is 8.46. The van der Waals surface area contributed by atoms with Gasteiger partial charge in [-0.25, -0.2) is 4.79 Å². The average Bonchev–Trinajstić information content (AvgIpc) is 3.48. The monoisotopic (exact) mass is 466 g/mol. The first kappa shape index (κ1) is 22.8. The lowest BCUT2D eigenvalue weighted by Gasteiger charge is -2.06. The van der Waals surface area contributed by atoms with Gasteiger partial charge in [-0.15, -0.1) is 0 Å². The maximum atomic E-state index is 12.2. The molecule has 0 aliphatic heterocycles. The van der Waals surface area contributed by atoms with Crippen molar-refractivity contribution >= 4 is 22.9 Å². The number of benzene rings is 2. The van der Waals surface area contributed by atoms with Crippen LogP contribution in [-0.4, -0.2) is 36.0 Å². The normalized spacial score (nSPS) is 10.8. The summed E-state index contributed by atoms with van der Waals surface area (Å²) >= 11 is 0. The van der Waals surface area contributed by atoms with Crippen molar-refractivity contribution in [2.24, 2.45) is 0 Å². The van der Waals surface area contributed by atoms with Crippen molar-refractivity contribution in [3.05, 3.63) is 65.5 Å². The van der Waals surface area contributed by atoms with E-state index in [2.05, 4.69) is 10.3 Å². The molecule has 2 heterocycles. The molecule has 4 aromatic rings. The molecule has 34 heavy (non-hydrogen) atoms. The minimum atomic E-state index is -0.427. The van der Waals surface area contributed by atoms with E-state index in [-0.39, 0.29) is 19.0 Å². The number of esters is 2. The van der Waals surface area contributed by atoms with Crippen molar-refractivity contribution in [1.29, 1.82) is 0 Å². The maximum Gasteiger partial charge on any atom is 0.338 e. The van der Waals surface area contributed by atoms with Gasteiger partial charge in [0.2, 0.25) is 0 Å². The Morgan fingerprint density at radius 3 is 2.50 bits per heavy atom. The molecule has 10 heteroatoms. The summed E-state index contributed by atoms with van der Waals surface area (Å²) in [5.74, 6) is 0.979. The van der Waals surface area contributed by atoms with Crippen LogP contribution in [0, 0.1) is 0 Å². The van der Waals surface area contributed by atoms with E-state index in [0.717, 1.165) is 5.39 Å². The highest BCUT2D eigenvalue weighted by Gasteiger charge is 2.14. The second-order valence-corrected chi connectivity index (χ2v) is 7.13. The van der Waals surface area contributed by atoms with E-state index in [9.17, 15) is 9.59 Å². The van der Waals surface area contributed by atoms with Gasteiger partial charge in [0.1, 0.15) is 29.6 Å². The van der Waals surface area contributed by atoms with Gasteiger partial charge in [0.05, 0.1) is 25.7 Å². The Balaban J connectivity index is 1.32. The van der Waals surface area contributed by atoms with E-state index in [4.69, 9.17) is 28.0 Å². The van der Waals surface area contributed by atoms with E-state index < -0.39 is 5.97 Å². The van der Waals surface area contributed by atoms with Crippen LogP contribution in [0.4, 0.5) is 0 Å². The van der Waals surface area contributed by atoms with Gasteiger partial charge >= 0.3 is 11.9 Å². The SMILES string of the molecule is CCOC(=O)c1ccc(OCc2noc3cc(OC(=O)CCc4cc(OC)no4)ccc23)cc1. The first-order chi connectivity index (χ1) is 16.6. The molecule has 0 fully saturated rings. The molecule has 10 nitrogen and oxygen atoms in total. The zero-order valence-electron chi connectivity index (χ0n) is 18.6.